The lowest BCUT2D eigenvalue weighted by Crippen LogP contribution is -2.48. The number of nitrogens with one attached hydrogen (secondary N) is 2. The number of rotatable bonds is 5. The van der Waals surface area contributed by atoms with Crippen molar-refractivity contribution in [3.63, 3.8) is 0 Å². The maximum Gasteiger partial charge on any atom is 0.277 e. The maximum absolute atomic E-state index is 13.0. The van der Waals surface area contributed by atoms with Gasteiger partial charge in [0.05, 0.1) is 27.7 Å². The Morgan fingerprint density at radius 2 is 1.80 bits per heavy atom. The molecule has 2 atom stereocenters. The van der Waals surface area contributed by atoms with Crippen molar-refractivity contribution in [2.75, 3.05) is 31.1 Å². The third kappa shape index (κ3) is 3.82. The van der Waals surface area contributed by atoms with E-state index in [1.165, 1.54) is 12.1 Å². The smallest absolute Gasteiger partial charge is 0.277 e. The summed E-state index contributed by atoms with van der Waals surface area (Å²) in [6, 6.07) is 4.53. The zero-order valence-corrected chi connectivity index (χ0v) is 18.8. The second-order valence-corrected chi connectivity index (χ2v) is 8.60. The predicted molar refractivity (Wildman–Crippen MR) is 129 cm³/mol. The van der Waals surface area contributed by atoms with E-state index in [1.54, 1.807) is 23.2 Å². The van der Waals surface area contributed by atoms with Gasteiger partial charge in [-0.2, -0.15) is 0 Å². The number of fused-ring (bicyclic) bond motifs is 1. The maximum atomic E-state index is 13.0. The van der Waals surface area contributed by atoms with Crippen molar-refractivity contribution in [3.05, 3.63) is 88.2 Å². The van der Waals surface area contributed by atoms with Crippen molar-refractivity contribution >= 4 is 34.7 Å². The van der Waals surface area contributed by atoms with Gasteiger partial charge < -0.3 is 15.1 Å². The SMILES string of the molecule is C=CC(=O)N1CCN(c2ccc([N+](=O)[O-])c(C3=C(C4=CNC5C=CC=CC45)C(=O)NC3=O)c2)CC1. The molecule has 10 heteroatoms. The van der Waals surface area contributed by atoms with Gasteiger partial charge >= 0.3 is 0 Å². The molecule has 3 heterocycles. The molecule has 1 aliphatic carbocycles. The molecule has 0 saturated carbocycles. The van der Waals surface area contributed by atoms with E-state index in [4.69, 9.17) is 0 Å². The molecule has 1 aromatic rings. The van der Waals surface area contributed by atoms with Crippen LogP contribution in [0.3, 0.4) is 0 Å². The second-order valence-electron chi connectivity index (χ2n) is 8.60. The molecule has 1 aromatic carbocycles. The van der Waals surface area contributed by atoms with Crippen molar-refractivity contribution < 1.29 is 19.3 Å². The van der Waals surface area contributed by atoms with E-state index in [1.807, 2.05) is 29.2 Å². The first-order chi connectivity index (χ1) is 16.9. The standard InChI is InChI=1S/C25H23N5O5/c1-2-21(31)29-11-9-28(10-12-29)15-7-8-20(30(34)35)17(13-15)22-23(25(33)27-24(22)32)18-14-26-19-6-4-3-5-16(18)19/h2-8,13-14,16,19,26H,1,9-12H2,(H,27,32,33). The highest BCUT2D eigenvalue weighted by Gasteiger charge is 2.41. The lowest BCUT2D eigenvalue weighted by molar-refractivity contribution is -0.385. The third-order valence-electron chi connectivity index (χ3n) is 6.72. The van der Waals surface area contributed by atoms with Gasteiger partial charge in [-0.25, -0.2) is 0 Å². The van der Waals surface area contributed by atoms with E-state index in [0.29, 0.717) is 37.4 Å². The summed E-state index contributed by atoms with van der Waals surface area (Å²) >= 11 is 0. The monoisotopic (exact) mass is 473 g/mol. The largest absolute Gasteiger partial charge is 0.383 e. The van der Waals surface area contributed by atoms with E-state index < -0.39 is 16.7 Å². The second kappa shape index (κ2) is 8.71. The Kier molecular flexibility index (Phi) is 5.56. The van der Waals surface area contributed by atoms with Crippen LogP contribution in [0.5, 0.6) is 0 Å². The normalized spacial score (nSPS) is 23.1. The molecule has 1 saturated heterocycles. The molecular formula is C25H23N5O5. The molecule has 10 nitrogen and oxygen atoms in total. The van der Waals surface area contributed by atoms with Gasteiger partial charge in [0.25, 0.3) is 17.5 Å². The Hall–Kier alpha value is -4.47. The minimum atomic E-state index is -0.661. The minimum absolute atomic E-state index is 0.000624. The van der Waals surface area contributed by atoms with Crippen molar-refractivity contribution in [3.8, 4) is 0 Å². The van der Waals surface area contributed by atoms with E-state index in [-0.39, 0.29) is 40.3 Å². The molecule has 4 aliphatic rings. The number of nitrogens with zero attached hydrogens (tertiary/aromatic N) is 3. The van der Waals surface area contributed by atoms with Crippen LogP contribution >= 0.6 is 0 Å². The van der Waals surface area contributed by atoms with E-state index in [0.717, 1.165) is 0 Å². The highest BCUT2D eigenvalue weighted by molar-refractivity contribution is 6.38. The Morgan fingerprint density at radius 3 is 2.51 bits per heavy atom. The minimum Gasteiger partial charge on any atom is -0.383 e. The fourth-order valence-electron chi connectivity index (χ4n) is 4.97. The van der Waals surface area contributed by atoms with E-state index >= 15 is 0 Å². The average Bonchev–Trinajstić information content (AvgIpc) is 3.42. The van der Waals surface area contributed by atoms with E-state index in [2.05, 4.69) is 17.2 Å². The lowest BCUT2D eigenvalue weighted by Gasteiger charge is -2.35. The van der Waals surface area contributed by atoms with Crippen LogP contribution < -0.4 is 15.5 Å². The molecule has 2 N–H and O–H groups in total. The van der Waals surface area contributed by atoms with Crippen molar-refractivity contribution in [2.24, 2.45) is 5.92 Å². The fourth-order valence-corrected chi connectivity index (χ4v) is 4.97. The molecule has 5 rings (SSSR count). The van der Waals surface area contributed by atoms with Gasteiger partial charge in [-0.1, -0.05) is 30.9 Å². The number of nitro benzene ring substituents is 1. The van der Waals surface area contributed by atoms with Crippen molar-refractivity contribution in [1.82, 2.24) is 15.5 Å². The average molecular weight is 473 g/mol. The van der Waals surface area contributed by atoms with Gasteiger partial charge in [-0.15, -0.1) is 0 Å². The number of hydrogen-bond acceptors (Lipinski definition) is 7. The quantitative estimate of drug-likeness (QED) is 0.287. The van der Waals surface area contributed by atoms with Gasteiger partial charge in [0.1, 0.15) is 0 Å². The highest BCUT2D eigenvalue weighted by Crippen LogP contribution is 2.41. The molecule has 178 valence electrons. The van der Waals surface area contributed by atoms with Crippen LogP contribution in [-0.4, -0.2) is 59.8 Å². The Balaban J connectivity index is 1.56. The van der Waals surface area contributed by atoms with Gasteiger partial charge in [0, 0.05) is 50.1 Å². The number of nitro groups is 1. The van der Waals surface area contributed by atoms with Crippen molar-refractivity contribution in [1.29, 1.82) is 0 Å². The number of hydrogen-bond donors (Lipinski definition) is 2. The first-order valence-electron chi connectivity index (χ1n) is 11.3. The highest BCUT2D eigenvalue weighted by atomic mass is 16.6. The van der Waals surface area contributed by atoms with Crippen molar-refractivity contribution in [2.45, 2.75) is 6.04 Å². The summed E-state index contributed by atoms with van der Waals surface area (Å²) in [6.45, 7) is 5.51. The van der Waals surface area contributed by atoms with E-state index in [9.17, 15) is 24.5 Å². The Morgan fingerprint density at radius 1 is 1.09 bits per heavy atom. The number of imide groups is 1. The molecule has 0 bridgehead atoms. The van der Waals surface area contributed by atoms with Crippen LogP contribution in [0, 0.1) is 16.0 Å². The molecule has 0 aromatic heterocycles. The van der Waals surface area contributed by atoms with Gasteiger partial charge in [0.2, 0.25) is 5.91 Å². The summed E-state index contributed by atoms with van der Waals surface area (Å²) in [7, 11) is 0. The molecule has 35 heavy (non-hydrogen) atoms. The van der Waals surface area contributed by atoms with Crippen LogP contribution in [0.25, 0.3) is 5.57 Å². The third-order valence-corrected chi connectivity index (χ3v) is 6.72. The van der Waals surface area contributed by atoms with Gasteiger partial charge in [0.15, 0.2) is 0 Å². The van der Waals surface area contributed by atoms with Crippen LogP contribution in [0.15, 0.2) is 72.5 Å². The molecular weight excluding hydrogens is 450 g/mol. The summed E-state index contributed by atoms with van der Waals surface area (Å²) in [6.07, 6.45) is 10.6. The van der Waals surface area contributed by atoms with Gasteiger partial charge in [-0.3, -0.25) is 29.8 Å². The zero-order valence-electron chi connectivity index (χ0n) is 18.8. The Labute approximate surface area is 201 Å². The number of piperazine rings is 1. The number of benzene rings is 1. The lowest BCUT2D eigenvalue weighted by atomic mass is 9.84. The summed E-state index contributed by atoms with van der Waals surface area (Å²) in [5.41, 5.74) is 1.28. The van der Waals surface area contributed by atoms with Gasteiger partial charge in [-0.05, 0) is 23.8 Å². The summed E-state index contributed by atoms with van der Waals surface area (Å²) in [4.78, 5) is 52.8. The number of amides is 3. The Bertz CT molecular complexity index is 1280. The zero-order chi connectivity index (χ0) is 24.7. The molecule has 3 aliphatic heterocycles. The summed E-state index contributed by atoms with van der Waals surface area (Å²) < 4.78 is 0. The van der Waals surface area contributed by atoms with Crippen LogP contribution in [0.1, 0.15) is 5.56 Å². The van der Waals surface area contributed by atoms with Crippen LogP contribution in [0.2, 0.25) is 0 Å². The number of carbonyl (C=O) groups excluding carboxylic acids is 3. The number of anilines is 1. The molecule has 0 radical (unpaired) electrons. The summed E-state index contributed by atoms with van der Waals surface area (Å²) in [5.74, 6) is -1.54. The molecule has 1 fully saturated rings. The molecule has 3 amide bonds. The van der Waals surface area contributed by atoms with Crippen LogP contribution in [0.4, 0.5) is 11.4 Å². The predicted octanol–water partition coefficient (Wildman–Crippen LogP) is 1.44. The molecule has 0 spiro atoms. The van der Waals surface area contributed by atoms with Crippen LogP contribution in [-0.2, 0) is 14.4 Å². The molecule has 2 unspecified atom stereocenters. The fraction of sp³-hybridized carbons (Fsp3) is 0.240. The first-order valence-corrected chi connectivity index (χ1v) is 11.3. The summed E-state index contributed by atoms with van der Waals surface area (Å²) in [5, 5.41) is 17.4. The first kappa shape index (κ1) is 22.3. The number of carbonyl (C=O) groups is 3. The topological polar surface area (TPSA) is 125 Å². The number of allylic oxidation sites excluding steroid dienone is 2.